The predicted molar refractivity (Wildman–Crippen MR) is 81.5 cm³/mol. The van der Waals surface area contributed by atoms with Gasteiger partial charge in [-0.25, -0.2) is 0 Å². The molecule has 2 aromatic rings. The quantitative estimate of drug-likeness (QED) is 0.707. The SMILES string of the molecule is Cc1ccccc1CBC(C)(C)c1ccccc1. The molecule has 2 aromatic carbocycles. The molecule has 0 saturated heterocycles. The van der Waals surface area contributed by atoms with Crippen LogP contribution in [0.4, 0.5) is 0 Å². The van der Waals surface area contributed by atoms with Gasteiger partial charge in [0.1, 0.15) is 7.28 Å². The van der Waals surface area contributed by atoms with E-state index in [1.54, 1.807) is 0 Å². The second-order valence-corrected chi connectivity index (χ2v) is 5.68. The fourth-order valence-electron chi connectivity index (χ4n) is 2.37. The third-order valence-electron chi connectivity index (χ3n) is 3.84. The van der Waals surface area contributed by atoms with Crippen molar-refractivity contribution in [3.8, 4) is 0 Å². The highest BCUT2D eigenvalue weighted by molar-refractivity contribution is 6.39. The van der Waals surface area contributed by atoms with E-state index in [1.165, 1.54) is 24.0 Å². The van der Waals surface area contributed by atoms with Crippen LogP contribution in [-0.2, 0) is 11.6 Å². The van der Waals surface area contributed by atoms with Crippen molar-refractivity contribution in [3.63, 3.8) is 0 Å². The summed E-state index contributed by atoms with van der Waals surface area (Å²) in [5, 5.41) is 0.240. The van der Waals surface area contributed by atoms with Gasteiger partial charge in [0.25, 0.3) is 0 Å². The molecule has 0 fully saturated rings. The molecule has 0 radical (unpaired) electrons. The molecule has 0 amide bonds. The van der Waals surface area contributed by atoms with Crippen LogP contribution in [0.5, 0.6) is 0 Å². The summed E-state index contributed by atoms with van der Waals surface area (Å²) < 4.78 is 0. The van der Waals surface area contributed by atoms with E-state index in [1.807, 2.05) is 0 Å². The Hall–Kier alpha value is -1.50. The van der Waals surface area contributed by atoms with E-state index >= 15 is 0 Å². The Morgan fingerprint density at radius 2 is 1.50 bits per heavy atom. The van der Waals surface area contributed by atoms with Crippen LogP contribution >= 0.6 is 0 Å². The first-order valence-electron chi connectivity index (χ1n) is 6.70. The minimum atomic E-state index is 0.240. The van der Waals surface area contributed by atoms with E-state index in [4.69, 9.17) is 0 Å². The summed E-state index contributed by atoms with van der Waals surface area (Å²) in [6.07, 6.45) is 1.15. The van der Waals surface area contributed by atoms with E-state index in [2.05, 4.69) is 75.4 Å². The van der Waals surface area contributed by atoms with Gasteiger partial charge in [0.15, 0.2) is 0 Å². The Morgan fingerprint density at radius 1 is 0.889 bits per heavy atom. The predicted octanol–water partition coefficient (Wildman–Crippen LogP) is 3.87. The zero-order valence-electron chi connectivity index (χ0n) is 11.6. The molecule has 0 bridgehead atoms. The van der Waals surface area contributed by atoms with Crippen LogP contribution < -0.4 is 0 Å². The van der Waals surface area contributed by atoms with Gasteiger partial charge in [-0.3, -0.25) is 0 Å². The molecule has 0 heterocycles. The molecule has 0 aliphatic carbocycles. The Balaban J connectivity index is 2.08. The lowest BCUT2D eigenvalue weighted by Crippen LogP contribution is -2.27. The Morgan fingerprint density at radius 3 is 2.17 bits per heavy atom. The lowest BCUT2D eigenvalue weighted by Gasteiger charge is -2.24. The second kappa shape index (κ2) is 5.43. The molecule has 0 aliphatic heterocycles. The highest BCUT2D eigenvalue weighted by Gasteiger charge is 2.21. The van der Waals surface area contributed by atoms with Gasteiger partial charge in [-0.1, -0.05) is 80.3 Å². The van der Waals surface area contributed by atoms with Crippen LogP contribution in [0.1, 0.15) is 30.5 Å². The Kier molecular flexibility index (Phi) is 3.91. The first-order valence-corrected chi connectivity index (χ1v) is 6.70. The fourth-order valence-corrected chi connectivity index (χ4v) is 2.37. The second-order valence-electron chi connectivity index (χ2n) is 5.68. The molecular weight excluding hydrogens is 215 g/mol. The lowest BCUT2D eigenvalue weighted by molar-refractivity contribution is 0.745. The van der Waals surface area contributed by atoms with Crippen LogP contribution in [-0.4, -0.2) is 7.28 Å². The van der Waals surface area contributed by atoms with Gasteiger partial charge in [0.2, 0.25) is 0 Å². The largest absolute Gasteiger partial charge is 0.138 e. The minimum absolute atomic E-state index is 0.240. The van der Waals surface area contributed by atoms with Gasteiger partial charge in [-0.05, 0) is 23.4 Å². The average molecular weight is 236 g/mol. The molecule has 92 valence electrons. The van der Waals surface area contributed by atoms with Crippen molar-refractivity contribution in [2.75, 3.05) is 0 Å². The van der Waals surface area contributed by atoms with Gasteiger partial charge in [0, 0.05) is 0 Å². The number of rotatable bonds is 4. The van der Waals surface area contributed by atoms with E-state index in [0.29, 0.717) is 0 Å². The zero-order valence-corrected chi connectivity index (χ0v) is 11.6. The number of benzene rings is 2. The molecule has 0 unspecified atom stereocenters. The van der Waals surface area contributed by atoms with Gasteiger partial charge >= 0.3 is 0 Å². The summed E-state index contributed by atoms with van der Waals surface area (Å²) in [5.74, 6) is 0. The van der Waals surface area contributed by atoms with Crippen molar-refractivity contribution >= 4 is 7.28 Å². The van der Waals surface area contributed by atoms with Crippen molar-refractivity contribution in [1.82, 2.24) is 0 Å². The summed E-state index contributed by atoms with van der Waals surface area (Å²) in [6, 6.07) is 19.5. The molecule has 18 heavy (non-hydrogen) atoms. The molecule has 0 atom stereocenters. The van der Waals surface area contributed by atoms with E-state index in [-0.39, 0.29) is 5.31 Å². The van der Waals surface area contributed by atoms with Crippen molar-refractivity contribution in [3.05, 3.63) is 71.3 Å². The number of hydrogen-bond acceptors (Lipinski definition) is 0. The van der Waals surface area contributed by atoms with Crippen LogP contribution in [0.25, 0.3) is 0 Å². The van der Waals surface area contributed by atoms with Crippen molar-refractivity contribution in [2.24, 2.45) is 0 Å². The molecule has 0 aromatic heterocycles. The maximum atomic E-state index is 2.33. The van der Waals surface area contributed by atoms with E-state index < -0.39 is 0 Å². The zero-order chi connectivity index (χ0) is 13.0. The van der Waals surface area contributed by atoms with E-state index in [0.717, 1.165) is 6.32 Å². The van der Waals surface area contributed by atoms with Gasteiger partial charge in [-0.15, -0.1) is 0 Å². The van der Waals surface area contributed by atoms with E-state index in [9.17, 15) is 0 Å². The summed E-state index contributed by atoms with van der Waals surface area (Å²) >= 11 is 0. The standard InChI is InChI=1S/C17H21B/c1-14-9-7-8-10-15(14)13-18-17(2,3)16-11-5-4-6-12-16/h4-12,18H,13H2,1-3H3. The van der Waals surface area contributed by atoms with Crippen LogP contribution in [0, 0.1) is 6.92 Å². The van der Waals surface area contributed by atoms with Gasteiger partial charge in [0.05, 0.1) is 0 Å². The number of hydrogen-bond donors (Lipinski definition) is 0. The molecule has 0 saturated carbocycles. The molecule has 1 heteroatoms. The summed E-state index contributed by atoms with van der Waals surface area (Å²) in [7, 11) is 1.18. The molecule has 0 nitrogen and oxygen atoms in total. The van der Waals surface area contributed by atoms with Crippen molar-refractivity contribution in [1.29, 1.82) is 0 Å². The van der Waals surface area contributed by atoms with Gasteiger partial charge < -0.3 is 0 Å². The smallest absolute Gasteiger partial charge is 0.0628 e. The maximum absolute atomic E-state index is 2.33. The summed E-state index contributed by atoms with van der Waals surface area (Å²) in [6.45, 7) is 6.87. The highest BCUT2D eigenvalue weighted by atomic mass is 14.1. The fraction of sp³-hybridized carbons (Fsp3) is 0.294. The molecule has 0 N–H and O–H groups in total. The number of aryl methyl sites for hydroxylation is 1. The first kappa shape index (κ1) is 12.9. The summed E-state index contributed by atoms with van der Waals surface area (Å²) in [4.78, 5) is 0. The average Bonchev–Trinajstić information content (AvgIpc) is 2.39. The molecule has 0 aliphatic rings. The third-order valence-corrected chi connectivity index (χ3v) is 3.84. The minimum Gasteiger partial charge on any atom is -0.0628 e. The van der Waals surface area contributed by atoms with Crippen LogP contribution in [0.15, 0.2) is 54.6 Å². The lowest BCUT2D eigenvalue weighted by atomic mass is 9.49. The molecular formula is C17H21B. The molecule has 0 spiro atoms. The summed E-state index contributed by atoms with van der Waals surface area (Å²) in [5.41, 5.74) is 4.31. The topological polar surface area (TPSA) is 0 Å². The van der Waals surface area contributed by atoms with Gasteiger partial charge in [-0.2, -0.15) is 0 Å². The Bertz CT molecular complexity index is 500. The Labute approximate surface area is 111 Å². The van der Waals surface area contributed by atoms with Crippen LogP contribution in [0.3, 0.4) is 0 Å². The highest BCUT2D eigenvalue weighted by Crippen LogP contribution is 2.23. The third kappa shape index (κ3) is 3.04. The first-order chi connectivity index (χ1) is 8.59. The maximum Gasteiger partial charge on any atom is 0.138 e. The molecule has 2 rings (SSSR count). The van der Waals surface area contributed by atoms with Crippen molar-refractivity contribution in [2.45, 2.75) is 32.4 Å². The van der Waals surface area contributed by atoms with Crippen LogP contribution in [0.2, 0.25) is 0 Å². The van der Waals surface area contributed by atoms with Crippen molar-refractivity contribution < 1.29 is 0 Å². The monoisotopic (exact) mass is 236 g/mol. The normalized spacial score (nSPS) is 11.3.